The summed E-state index contributed by atoms with van der Waals surface area (Å²) in [5.41, 5.74) is 3.33. The SMILES string of the molecule is CCCNC(=O)C(C)N(Cc1cccc(OC)c1)C(=O)CCCN(c1cccc(C)c1C)S(C)(=O)=O. The zero-order valence-electron chi connectivity index (χ0n) is 22.2. The molecular formula is C27H39N3O5S. The Balaban J connectivity index is 2.21. The quantitative estimate of drug-likeness (QED) is 0.436. The molecule has 1 unspecified atom stereocenters. The Morgan fingerprint density at radius 1 is 1.11 bits per heavy atom. The lowest BCUT2D eigenvalue weighted by Gasteiger charge is -2.30. The van der Waals surface area contributed by atoms with Crippen LogP contribution in [0.3, 0.4) is 0 Å². The minimum Gasteiger partial charge on any atom is -0.497 e. The minimum atomic E-state index is -3.54. The topological polar surface area (TPSA) is 96.0 Å². The first kappa shape index (κ1) is 29.2. The number of nitrogens with zero attached hydrogens (tertiary/aromatic N) is 2. The van der Waals surface area contributed by atoms with Gasteiger partial charge < -0.3 is 15.0 Å². The van der Waals surface area contributed by atoms with E-state index in [1.165, 1.54) is 10.6 Å². The smallest absolute Gasteiger partial charge is 0.242 e. The van der Waals surface area contributed by atoms with Crippen LogP contribution < -0.4 is 14.4 Å². The molecule has 2 aromatic rings. The monoisotopic (exact) mass is 517 g/mol. The fourth-order valence-electron chi connectivity index (χ4n) is 3.93. The zero-order chi connectivity index (χ0) is 26.9. The van der Waals surface area contributed by atoms with Crippen LogP contribution in [0.25, 0.3) is 0 Å². The van der Waals surface area contributed by atoms with E-state index in [9.17, 15) is 18.0 Å². The molecule has 0 aromatic heterocycles. The summed E-state index contributed by atoms with van der Waals surface area (Å²) in [6, 6.07) is 12.2. The van der Waals surface area contributed by atoms with Crippen LogP contribution in [0, 0.1) is 13.8 Å². The summed E-state index contributed by atoms with van der Waals surface area (Å²) in [6.45, 7) is 8.44. The summed E-state index contributed by atoms with van der Waals surface area (Å²) in [5.74, 6) is 0.230. The fraction of sp³-hybridized carbons (Fsp3) is 0.481. The van der Waals surface area contributed by atoms with Gasteiger partial charge in [-0.25, -0.2) is 8.42 Å². The van der Waals surface area contributed by atoms with Gasteiger partial charge in [-0.2, -0.15) is 0 Å². The molecule has 1 N–H and O–H groups in total. The highest BCUT2D eigenvalue weighted by Crippen LogP contribution is 2.25. The second-order valence-electron chi connectivity index (χ2n) is 9.00. The molecule has 0 bridgehead atoms. The number of nitrogens with one attached hydrogen (secondary N) is 1. The van der Waals surface area contributed by atoms with Crippen LogP contribution in [0.1, 0.15) is 49.8 Å². The average Bonchev–Trinajstić information content (AvgIpc) is 2.84. The number of anilines is 1. The minimum absolute atomic E-state index is 0.103. The Bertz CT molecular complexity index is 1150. The molecule has 0 aliphatic carbocycles. The molecule has 0 heterocycles. The van der Waals surface area contributed by atoms with Crippen LogP contribution >= 0.6 is 0 Å². The third kappa shape index (κ3) is 7.98. The predicted octanol–water partition coefficient (Wildman–Crippen LogP) is 3.80. The van der Waals surface area contributed by atoms with E-state index in [4.69, 9.17) is 4.74 Å². The summed E-state index contributed by atoms with van der Waals surface area (Å²) in [7, 11) is -1.97. The van der Waals surface area contributed by atoms with Gasteiger partial charge in [-0.15, -0.1) is 0 Å². The molecule has 198 valence electrons. The van der Waals surface area contributed by atoms with Gasteiger partial charge in [0, 0.05) is 26.1 Å². The lowest BCUT2D eigenvalue weighted by atomic mass is 10.1. The van der Waals surface area contributed by atoms with Crippen LogP contribution in [0.5, 0.6) is 5.75 Å². The molecule has 8 nitrogen and oxygen atoms in total. The van der Waals surface area contributed by atoms with E-state index in [0.717, 1.165) is 23.1 Å². The summed E-state index contributed by atoms with van der Waals surface area (Å²) in [6.07, 6.45) is 2.39. The maximum Gasteiger partial charge on any atom is 0.242 e. The summed E-state index contributed by atoms with van der Waals surface area (Å²) in [5, 5.41) is 2.86. The first-order valence-corrected chi connectivity index (χ1v) is 14.1. The third-order valence-electron chi connectivity index (χ3n) is 6.20. The van der Waals surface area contributed by atoms with Crippen molar-refractivity contribution in [3.63, 3.8) is 0 Å². The van der Waals surface area contributed by atoms with Crippen molar-refractivity contribution in [2.75, 3.05) is 30.8 Å². The predicted molar refractivity (Wildman–Crippen MR) is 144 cm³/mol. The van der Waals surface area contributed by atoms with Crippen molar-refractivity contribution in [2.45, 2.75) is 59.5 Å². The van der Waals surface area contributed by atoms with Crippen molar-refractivity contribution < 1.29 is 22.7 Å². The van der Waals surface area contributed by atoms with Crippen LogP contribution in [-0.4, -0.2) is 57.6 Å². The fourth-order valence-corrected chi connectivity index (χ4v) is 4.95. The molecular weight excluding hydrogens is 478 g/mol. The standard InChI is InChI=1S/C27H39N3O5S/c1-7-16-28-27(32)22(4)29(19-23-12-9-13-24(18-23)35-5)26(31)15-10-17-30(36(6,33)34)25-14-8-11-20(2)21(25)3/h8-9,11-14,18,22H,7,10,15-17,19H2,1-6H3,(H,28,32). The second-order valence-corrected chi connectivity index (χ2v) is 10.9. The first-order chi connectivity index (χ1) is 17.0. The first-order valence-electron chi connectivity index (χ1n) is 12.2. The van der Waals surface area contributed by atoms with E-state index in [1.54, 1.807) is 25.0 Å². The van der Waals surface area contributed by atoms with Gasteiger partial charge >= 0.3 is 0 Å². The molecule has 2 aromatic carbocycles. The van der Waals surface area contributed by atoms with E-state index in [0.29, 0.717) is 24.4 Å². The number of hydrogen-bond acceptors (Lipinski definition) is 5. The molecule has 0 aliphatic rings. The Morgan fingerprint density at radius 2 is 1.81 bits per heavy atom. The third-order valence-corrected chi connectivity index (χ3v) is 7.38. The number of carbonyl (C=O) groups is 2. The van der Waals surface area contributed by atoms with E-state index < -0.39 is 16.1 Å². The molecule has 1 atom stereocenters. The molecule has 0 saturated heterocycles. The van der Waals surface area contributed by atoms with Gasteiger partial charge in [-0.3, -0.25) is 13.9 Å². The van der Waals surface area contributed by atoms with Crippen LogP contribution in [0.2, 0.25) is 0 Å². The molecule has 36 heavy (non-hydrogen) atoms. The van der Waals surface area contributed by atoms with E-state index >= 15 is 0 Å². The number of amides is 2. The van der Waals surface area contributed by atoms with Gasteiger partial charge in [0.25, 0.3) is 0 Å². The number of ether oxygens (including phenoxy) is 1. The summed E-state index contributed by atoms with van der Waals surface area (Å²) in [4.78, 5) is 27.6. The van der Waals surface area contributed by atoms with Crippen molar-refractivity contribution in [1.29, 1.82) is 0 Å². The summed E-state index contributed by atoms with van der Waals surface area (Å²) >= 11 is 0. The maximum absolute atomic E-state index is 13.4. The lowest BCUT2D eigenvalue weighted by molar-refractivity contribution is -0.140. The van der Waals surface area contributed by atoms with E-state index in [1.807, 2.05) is 57.2 Å². The highest BCUT2D eigenvalue weighted by molar-refractivity contribution is 7.92. The Morgan fingerprint density at radius 3 is 2.44 bits per heavy atom. The molecule has 0 saturated carbocycles. The second kappa shape index (κ2) is 13.3. The molecule has 0 fully saturated rings. The normalized spacial score (nSPS) is 12.1. The van der Waals surface area contributed by atoms with Crippen LogP contribution in [0.4, 0.5) is 5.69 Å². The van der Waals surface area contributed by atoms with Crippen LogP contribution in [-0.2, 0) is 26.2 Å². The maximum atomic E-state index is 13.4. The average molecular weight is 518 g/mol. The number of rotatable bonds is 13. The summed E-state index contributed by atoms with van der Waals surface area (Å²) < 4.78 is 31.8. The number of sulfonamides is 1. The highest BCUT2D eigenvalue weighted by atomic mass is 32.2. The zero-order valence-corrected chi connectivity index (χ0v) is 23.0. The van der Waals surface area contributed by atoms with Crippen molar-refractivity contribution >= 4 is 27.5 Å². The Labute approximate surface area is 215 Å². The molecule has 2 rings (SSSR count). The molecule has 0 spiro atoms. The number of hydrogen-bond donors (Lipinski definition) is 1. The number of aryl methyl sites for hydroxylation is 1. The number of benzene rings is 2. The molecule has 0 aliphatic heterocycles. The van der Waals surface area contributed by atoms with Crippen molar-refractivity contribution in [3.8, 4) is 5.75 Å². The number of methoxy groups -OCH3 is 1. The Kier molecular flexibility index (Phi) is 10.8. The van der Waals surface area contributed by atoms with Gasteiger partial charge in [0.2, 0.25) is 21.8 Å². The van der Waals surface area contributed by atoms with Gasteiger partial charge in [0.05, 0.1) is 19.1 Å². The highest BCUT2D eigenvalue weighted by Gasteiger charge is 2.27. The van der Waals surface area contributed by atoms with Gasteiger partial charge in [-0.05, 0) is 68.5 Å². The van der Waals surface area contributed by atoms with Gasteiger partial charge in [0.15, 0.2) is 0 Å². The van der Waals surface area contributed by atoms with Crippen LogP contribution in [0.15, 0.2) is 42.5 Å². The molecule has 0 radical (unpaired) electrons. The van der Waals surface area contributed by atoms with Crippen molar-refractivity contribution in [3.05, 3.63) is 59.2 Å². The lowest BCUT2D eigenvalue weighted by Crippen LogP contribution is -2.47. The largest absolute Gasteiger partial charge is 0.497 e. The molecule has 2 amide bonds. The van der Waals surface area contributed by atoms with Gasteiger partial charge in [-0.1, -0.05) is 31.2 Å². The van der Waals surface area contributed by atoms with E-state index in [2.05, 4.69) is 5.32 Å². The number of carbonyl (C=O) groups excluding carboxylic acids is 2. The molecule has 9 heteroatoms. The van der Waals surface area contributed by atoms with Gasteiger partial charge in [0.1, 0.15) is 11.8 Å². The van der Waals surface area contributed by atoms with Crippen molar-refractivity contribution in [2.24, 2.45) is 0 Å². The van der Waals surface area contributed by atoms with Crippen molar-refractivity contribution in [1.82, 2.24) is 10.2 Å². The Hall–Kier alpha value is -3.07. The van der Waals surface area contributed by atoms with E-state index in [-0.39, 0.29) is 31.3 Å².